The van der Waals surface area contributed by atoms with Crippen molar-refractivity contribution in [3.8, 4) is 0 Å². The zero-order valence-corrected chi connectivity index (χ0v) is 36.2. The zero-order chi connectivity index (χ0) is 43.2. The molecule has 15 nitrogen and oxygen atoms in total. The summed E-state index contributed by atoms with van der Waals surface area (Å²) in [5, 5.41) is 11.5. The molecule has 60 heavy (non-hydrogen) atoms. The van der Waals surface area contributed by atoms with Crippen molar-refractivity contribution < 1.29 is 33.6 Å². The lowest BCUT2D eigenvalue weighted by Crippen LogP contribution is -2.62. The highest BCUT2D eigenvalue weighted by molar-refractivity contribution is 8.01. The molecule has 4 N–H and O–H groups in total. The van der Waals surface area contributed by atoms with Crippen LogP contribution in [0.3, 0.4) is 0 Å². The standard InChI is InChI=1S/C44H60N8O7S/c1-6-13-31(36(54)41(58)47-27(2)29-14-9-7-10-15-29)48-39(56)33-22-44(52(24-28-18-19-28)34(53)25-60-44)26-51(33)42(59)37(43(3,4)5)50-40(57)35(30-16-11-8-12-17-30)49-38(55)32-23-45-20-21-46-32/h7,9-10,14-15,20-21,23,27-28,30-31,33,35,37H,6,8,11-13,16-19,22,24-26H2,1-5H3,(H,47,58)(H,48,56)(H,49,55)(H,50,57)/t27-,31?,33?,35-,37?,44?/m0/s1. The van der Waals surface area contributed by atoms with Gasteiger partial charge in [0.15, 0.2) is 0 Å². The van der Waals surface area contributed by atoms with Crippen molar-refractivity contribution in [1.29, 1.82) is 0 Å². The lowest BCUT2D eigenvalue weighted by Gasteiger charge is -2.38. The Morgan fingerprint density at radius 3 is 2.28 bits per heavy atom. The van der Waals surface area contributed by atoms with Crippen molar-refractivity contribution in [2.45, 2.75) is 134 Å². The summed E-state index contributed by atoms with van der Waals surface area (Å²) in [5.41, 5.74) is 0.0157. The van der Waals surface area contributed by atoms with Crippen LogP contribution in [0.15, 0.2) is 48.9 Å². The molecule has 16 heteroatoms. The van der Waals surface area contributed by atoms with Gasteiger partial charge in [0, 0.05) is 25.4 Å². The van der Waals surface area contributed by atoms with Crippen molar-refractivity contribution in [3.05, 3.63) is 60.2 Å². The van der Waals surface area contributed by atoms with Crippen LogP contribution in [-0.4, -0.2) is 109 Å². The first-order chi connectivity index (χ1) is 28.6. The molecule has 2 aliphatic carbocycles. The van der Waals surface area contributed by atoms with Gasteiger partial charge in [-0.05, 0) is 61.8 Å². The Labute approximate surface area is 356 Å². The lowest BCUT2D eigenvalue weighted by molar-refractivity contribution is -0.145. The number of ketones is 1. The summed E-state index contributed by atoms with van der Waals surface area (Å²) in [5.74, 6) is -3.52. The fourth-order valence-electron chi connectivity index (χ4n) is 8.64. The van der Waals surface area contributed by atoms with Gasteiger partial charge in [-0.25, -0.2) is 4.98 Å². The number of rotatable bonds is 16. The van der Waals surface area contributed by atoms with Crippen molar-refractivity contribution in [3.63, 3.8) is 0 Å². The number of nitrogens with zero attached hydrogens (tertiary/aromatic N) is 4. The van der Waals surface area contributed by atoms with Gasteiger partial charge in [-0.1, -0.05) is 83.7 Å². The minimum atomic E-state index is -1.16. The molecule has 6 atom stereocenters. The minimum absolute atomic E-state index is 0.0342. The van der Waals surface area contributed by atoms with Gasteiger partial charge in [0.2, 0.25) is 29.4 Å². The SMILES string of the molecule is CCCC(NC(=O)C1CC2(CN1C(=O)C(NC(=O)[C@@H](NC(=O)c1cnccn1)C1CCCCC1)C(C)(C)C)SCC(=O)N2CC1CC1)C(=O)C(=O)N[C@@H](C)c1ccccc1. The maximum absolute atomic E-state index is 15.1. The number of hydrogen-bond acceptors (Lipinski definition) is 10. The molecule has 1 spiro atoms. The molecule has 0 bridgehead atoms. The number of benzene rings is 1. The van der Waals surface area contributed by atoms with Gasteiger partial charge in [0.25, 0.3) is 11.8 Å². The number of carbonyl (C=O) groups is 7. The summed E-state index contributed by atoms with van der Waals surface area (Å²) in [6.07, 6.45) is 11.2. The average molecular weight is 845 g/mol. The van der Waals surface area contributed by atoms with Gasteiger partial charge < -0.3 is 31.1 Å². The molecule has 2 saturated heterocycles. The molecule has 6 amide bonds. The van der Waals surface area contributed by atoms with E-state index in [2.05, 4.69) is 31.2 Å². The van der Waals surface area contributed by atoms with Crippen LogP contribution >= 0.6 is 11.8 Å². The van der Waals surface area contributed by atoms with Crippen LogP contribution < -0.4 is 21.3 Å². The van der Waals surface area contributed by atoms with Crippen molar-refractivity contribution >= 4 is 53.0 Å². The number of nitrogens with one attached hydrogen (secondary N) is 4. The summed E-state index contributed by atoms with van der Waals surface area (Å²) in [6, 6.07) is 4.38. The third-order valence-corrected chi connectivity index (χ3v) is 13.7. The van der Waals surface area contributed by atoms with E-state index in [9.17, 15) is 28.8 Å². The molecule has 2 aliphatic heterocycles. The molecule has 6 rings (SSSR count). The van der Waals surface area contributed by atoms with E-state index >= 15 is 4.79 Å². The average Bonchev–Trinajstić information content (AvgIpc) is 3.92. The molecular formula is C44H60N8O7S. The number of aromatic nitrogens is 2. The Bertz CT molecular complexity index is 1900. The number of thioether (sulfide) groups is 1. The van der Waals surface area contributed by atoms with E-state index in [1.165, 1.54) is 35.3 Å². The zero-order valence-electron chi connectivity index (χ0n) is 35.4. The van der Waals surface area contributed by atoms with Gasteiger partial charge in [-0.2, -0.15) is 0 Å². The molecule has 0 radical (unpaired) electrons. The summed E-state index contributed by atoms with van der Waals surface area (Å²) in [7, 11) is 0. The second-order valence-electron chi connectivity index (χ2n) is 17.9. The first kappa shape index (κ1) is 44.7. The highest BCUT2D eigenvalue weighted by Crippen LogP contribution is 2.48. The highest BCUT2D eigenvalue weighted by atomic mass is 32.2. The number of amides is 6. The Morgan fingerprint density at radius 1 is 0.933 bits per heavy atom. The molecular weight excluding hydrogens is 785 g/mol. The highest BCUT2D eigenvalue weighted by Gasteiger charge is 2.58. The molecule has 4 aliphatic rings. The van der Waals surface area contributed by atoms with E-state index in [1.54, 1.807) is 6.92 Å². The quantitative estimate of drug-likeness (QED) is 0.181. The second-order valence-corrected chi connectivity index (χ2v) is 19.3. The molecule has 1 aromatic carbocycles. The van der Waals surface area contributed by atoms with Crippen LogP contribution in [0.2, 0.25) is 0 Å². The maximum atomic E-state index is 15.1. The number of hydrogen-bond donors (Lipinski definition) is 4. The first-order valence-electron chi connectivity index (χ1n) is 21.4. The summed E-state index contributed by atoms with van der Waals surface area (Å²) >= 11 is 1.41. The predicted octanol–water partition coefficient (Wildman–Crippen LogP) is 3.70. The number of Topliss-reactive ketones (excluding diaryl/α,β-unsaturated/α-hetero) is 1. The molecule has 4 fully saturated rings. The Balaban J connectivity index is 1.27. The van der Waals surface area contributed by atoms with Crippen LogP contribution in [0.4, 0.5) is 0 Å². The smallest absolute Gasteiger partial charge is 0.290 e. The van der Waals surface area contributed by atoms with Gasteiger partial charge in [0.1, 0.15) is 28.7 Å². The van der Waals surface area contributed by atoms with E-state index in [0.717, 1.165) is 37.7 Å². The lowest BCUT2D eigenvalue weighted by atomic mass is 9.82. The Hall–Kier alpha value is -4.86. The fraction of sp³-hybridized carbons (Fsp3) is 0.614. The molecule has 324 valence electrons. The van der Waals surface area contributed by atoms with E-state index in [-0.39, 0.29) is 42.7 Å². The minimum Gasteiger partial charge on any atom is -0.344 e. The van der Waals surface area contributed by atoms with E-state index in [0.29, 0.717) is 31.7 Å². The Morgan fingerprint density at radius 2 is 1.65 bits per heavy atom. The number of likely N-dealkylation sites (tertiary alicyclic amines) is 1. The molecule has 2 aromatic rings. The van der Waals surface area contributed by atoms with Crippen molar-refractivity contribution in [2.75, 3.05) is 18.8 Å². The van der Waals surface area contributed by atoms with Crippen LogP contribution in [-0.2, 0) is 28.8 Å². The first-order valence-corrected chi connectivity index (χ1v) is 22.4. The molecule has 1 aromatic heterocycles. The van der Waals surface area contributed by atoms with E-state index in [1.807, 2.05) is 62.9 Å². The molecule has 2 saturated carbocycles. The van der Waals surface area contributed by atoms with Gasteiger partial charge in [-0.3, -0.25) is 38.5 Å². The number of carbonyl (C=O) groups excluding carboxylic acids is 7. The maximum Gasteiger partial charge on any atom is 0.290 e. The Kier molecular flexibility index (Phi) is 14.3. The van der Waals surface area contributed by atoms with Crippen molar-refractivity contribution in [2.24, 2.45) is 17.3 Å². The van der Waals surface area contributed by atoms with Crippen LogP contribution in [0, 0.1) is 17.3 Å². The third kappa shape index (κ3) is 10.5. The molecule has 4 unspecified atom stereocenters. The summed E-state index contributed by atoms with van der Waals surface area (Å²) in [6.45, 7) is 9.64. The van der Waals surface area contributed by atoms with E-state index < -0.39 is 75.8 Å². The predicted molar refractivity (Wildman–Crippen MR) is 226 cm³/mol. The van der Waals surface area contributed by atoms with Crippen LogP contribution in [0.1, 0.15) is 121 Å². The van der Waals surface area contributed by atoms with Gasteiger partial charge in [-0.15, -0.1) is 11.8 Å². The largest absolute Gasteiger partial charge is 0.344 e. The van der Waals surface area contributed by atoms with Crippen LogP contribution in [0.5, 0.6) is 0 Å². The normalized spacial score (nSPS) is 22.8. The molecule has 3 heterocycles. The summed E-state index contributed by atoms with van der Waals surface area (Å²) in [4.78, 5) is 109. The van der Waals surface area contributed by atoms with Crippen molar-refractivity contribution in [1.82, 2.24) is 41.0 Å². The fourth-order valence-corrected chi connectivity index (χ4v) is 10.0. The van der Waals surface area contributed by atoms with Gasteiger partial charge >= 0.3 is 0 Å². The second kappa shape index (κ2) is 19.2. The summed E-state index contributed by atoms with van der Waals surface area (Å²) < 4.78 is 0. The van der Waals surface area contributed by atoms with E-state index in [4.69, 9.17) is 0 Å². The topological polar surface area (TPSA) is 200 Å². The monoisotopic (exact) mass is 844 g/mol. The third-order valence-electron chi connectivity index (χ3n) is 12.3. The van der Waals surface area contributed by atoms with Gasteiger partial charge in [0.05, 0.1) is 30.6 Å². The van der Waals surface area contributed by atoms with Crippen LogP contribution in [0.25, 0.3) is 0 Å².